The van der Waals surface area contributed by atoms with Gasteiger partial charge >= 0.3 is 15.6 Å². The highest BCUT2D eigenvalue weighted by Gasteiger charge is 2.55. The number of aromatic nitrogens is 1. The molecule has 50 heavy (non-hydrogen) atoms. The third-order valence-electron chi connectivity index (χ3n) is 9.60. The third-order valence-corrected chi connectivity index (χ3v) is 19.2. The second-order valence-electron chi connectivity index (χ2n) is 15.1. The molecule has 0 unspecified atom stereocenters. The number of rotatable bonds is 16. The molecule has 1 aliphatic heterocycles. The number of nitrogens with zero attached hydrogens (tertiary/aromatic N) is 1. The number of allylic oxidation sites excluding steroid dienone is 2. The van der Waals surface area contributed by atoms with Gasteiger partial charge in [-0.1, -0.05) is 102 Å². The molecule has 1 aliphatic rings. The van der Waals surface area contributed by atoms with E-state index in [0.29, 0.717) is 29.5 Å². The summed E-state index contributed by atoms with van der Waals surface area (Å²) >= 11 is 0. The van der Waals surface area contributed by atoms with Crippen molar-refractivity contribution in [2.24, 2.45) is 0 Å². The third kappa shape index (κ3) is 11.3. The average molecular weight is 766 g/mol. The summed E-state index contributed by atoms with van der Waals surface area (Å²) < 4.78 is 96.1. The number of oxazole rings is 1. The van der Waals surface area contributed by atoms with Gasteiger partial charge in [0.15, 0.2) is 12.1 Å². The summed E-state index contributed by atoms with van der Waals surface area (Å²) in [5, 5.41) is 0. The molecule has 0 aromatic carbocycles. The Labute approximate surface area is 299 Å². The van der Waals surface area contributed by atoms with Gasteiger partial charge in [0.25, 0.3) is 5.88 Å². The molecule has 286 valence electrons. The molecular formula is C35H58F3NO8SSi2. The van der Waals surface area contributed by atoms with Gasteiger partial charge < -0.3 is 27.5 Å². The van der Waals surface area contributed by atoms with Gasteiger partial charge in [-0.2, -0.15) is 26.6 Å². The summed E-state index contributed by atoms with van der Waals surface area (Å²) in [6, 6.07) is 0. The van der Waals surface area contributed by atoms with Gasteiger partial charge in [-0.15, -0.1) is 11.5 Å². The van der Waals surface area contributed by atoms with E-state index < -0.39 is 43.4 Å². The van der Waals surface area contributed by atoms with Crippen molar-refractivity contribution >= 4 is 26.3 Å². The lowest BCUT2D eigenvalue weighted by atomic mass is 9.93. The zero-order valence-electron chi connectivity index (χ0n) is 31.9. The van der Waals surface area contributed by atoms with Gasteiger partial charge in [0.2, 0.25) is 5.89 Å². The van der Waals surface area contributed by atoms with Crippen molar-refractivity contribution in [1.29, 1.82) is 0 Å². The van der Waals surface area contributed by atoms with Crippen LogP contribution in [0.25, 0.3) is 0 Å². The van der Waals surface area contributed by atoms with Crippen molar-refractivity contribution in [3.63, 3.8) is 0 Å². The smallest absolute Gasteiger partial charge is 0.445 e. The Kier molecular flexibility index (Phi) is 15.7. The molecule has 0 aliphatic carbocycles. The van der Waals surface area contributed by atoms with Crippen LogP contribution in [0.3, 0.4) is 0 Å². The van der Waals surface area contributed by atoms with Crippen LogP contribution in [0.2, 0.25) is 41.8 Å². The van der Waals surface area contributed by atoms with Crippen LogP contribution >= 0.6 is 0 Å². The topological polar surface area (TPSA) is 106 Å². The average Bonchev–Trinajstić information content (AvgIpc) is 3.41. The van der Waals surface area contributed by atoms with Gasteiger partial charge in [-0.05, 0) is 6.92 Å². The van der Waals surface area contributed by atoms with E-state index in [1.54, 1.807) is 14.2 Å². The maximum Gasteiger partial charge on any atom is 0.534 e. The second-order valence-corrected chi connectivity index (χ2v) is 27.5. The molecule has 2 heterocycles. The Morgan fingerprint density at radius 3 is 2.18 bits per heavy atom. The first-order valence-electron chi connectivity index (χ1n) is 17.1. The summed E-state index contributed by atoms with van der Waals surface area (Å²) in [7, 11) is -4.93. The predicted molar refractivity (Wildman–Crippen MR) is 195 cm³/mol. The lowest BCUT2D eigenvalue weighted by molar-refractivity contribution is -0.287. The molecule has 0 bridgehead atoms. The minimum Gasteiger partial charge on any atom is -0.445 e. The van der Waals surface area contributed by atoms with Gasteiger partial charge in [0.05, 0.1) is 32.8 Å². The van der Waals surface area contributed by atoms with E-state index in [0.717, 1.165) is 11.8 Å². The lowest BCUT2D eigenvalue weighted by Gasteiger charge is -2.54. The lowest BCUT2D eigenvalue weighted by Crippen LogP contribution is -2.57. The van der Waals surface area contributed by atoms with Crippen LogP contribution in [-0.4, -0.2) is 80.5 Å². The van der Waals surface area contributed by atoms with E-state index in [1.165, 1.54) is 7.11 Å². The number of hydrogen-bond donors (Lipinski definition) is 0. The number of methoxy groups -OCH3 is 3. The van der Waals surface area contributed by atoms with Gasteiger partial charge in [-0.25, -0.2) is 0 Å². The molecule has 1 fully saturated rings. The van der Waals surface area contributed by atoms with Crippen LogP contribution in [0.15, 0.2) is 34.5 Å². The maximum atomic E-state index is 12.9. The molecule has 1 aromatic rings. The SMILES string of the molecule is CO[C@@H]1C[C@H]([C@@H](/C=C(C)/C=C/[C@@H](CC#C[Si](C)(C)C)OC)[Si](C(C)C)(C(C)C)C(C)C)O[C@@](Cc2nc(OS(=O)(=O)C(F)(F)F)co2)(OC)C1. The fourth-order valence-electron chi connectivity index (χ4n) is 7.55. The molecule has 0 saturated carbocycles. The summed E-state index contributed by atoms with van der Waals surface area (Å²) in [5.74, 6) is 1.01. The summed E-state index contributed by atoms with van der Waals surface area (Å²) in [6.45, 7) is 22.5. The van der Waals surface area contributed by atoms with E-state index in [2.05, 4.69) is 101 Å². The maximum absolute atomic E-state index is 12.9. The van der Waals surface area contributed by atoms with E-state index in [9.17, 15) is 21.6 Å². The van der Waals surface area contributed by atoms with Crippen LogP contribution in [0, 0.1) is 11.5 Å². The highest BCUT2D eigenvalue weighted by molar-refractivity contribution is 7.87. The van der Waals surface area contributed by atoms with Crippen molar-refractivity contribution in [1.82, 2.24) is 4.98 Å². The van der Waals surface area contributed by atoms with Crippen molar-refractivity contribution < 1.29 is 49.1 Å². The zero-order valence-corrected chi connectivity index (χ0v) is 34.8. The van der Waals surface area contributed by atoms with Crippen molar-refractivity contribution in [2.75, 3.05) is 21.3 Å². The molecule has 0 N–H and O–H groups in total. The van der Waals surface area contributed by atoms with Crippen molar-refractivity contribution in [3.05, 3.63) is 36.0 Å². The minimum atomic E-state index is -5.92. The fourth-order valence-corrected chi connectivity index (χ4v) is 16.3. The monoisotopic (exact) mass is 765 g/mol. The van der Waals surface area contributed by atoms with Crippen LogP contribution in [0.5, 0.6) is 5.88 Å². The molecule has 5 atom stereocenters. The Balaban J connectivity index is 2.61. The predicted octanol–water partition coefficient (Wildman–Crippen LogP) is 8.82. The van der Waals surface area contributed by atoms with Crippen LogP contribution in [0.1, 0.15) is 73.6 Å². The summed E-state index contributed by atoms with van der Waals surface area (Å²) in [6.07, 6.45) is 7.69. The van der Waals surface area contributed by atoms with E-state index in [1.807, 2.05) is 6.08 Å². The molecule has 1 aromatic heterocycles. The molecule has 0 radical (unpaired) electrons. The molecule has 0 amide bonds. The summed E-state index contributed by atoms with van der Waals surface area (Å²) in [5.41, 5.74) is -0.0591. The first-order chi connectivity index (χ1) is 23.0. The second kappa shape index (κ2) is 17.7. The first kappa shape index (κ1) is 44.2. The van der Waals surface area contributed by atoms with Gasteiger partial charge in [0, 0.05) is 46.1 Å². The molecule has 1 saturated heterocycles. The van der Waals surface area contributed by atoms with Gasteiger partial charge in [0.1, 0.15) is 8.07 Å². The van der Waals surface area contributed by atoms with Gasteiger partial charge in [-0.3, -0.25) is 0 Å². The largest absolute Gasteiger partial charge is 0.534 e. The first-order valence-corrected chi connectivity index (χ1v) is 24.3. The quantitative estimate of drug-likeness (QED) is 0.0537. The van der Waals surface area contributed by atoms with E-state index >= 15 is 0 Å². The molecule has 2 rings (SSSR count). The van der Waals surface area contributed by atoms with Crippen LogP contribution in [-0.2, 0) is 35.5 Å². The Morgan fingerprint density at radius 1 is 1.10 bits per heavy atom. The van der Waals surface area contributed by atoms with Crippen molar-refractivity contribution in [3.8, 4) is 17.3 Å². The molecule has 9 nitrogen and oxygen atoms in total. The summed E-state index contributed by atoms with van der Waals surface area (Å²) in [4.78, 5) is 3.88. The Hall–Kier alpha value is -1.94. The highest BCUT2D eigenvalue weighted by atomic mass is 32.2. The van der Waals surface area contributed by atoms with Crippen LogP contribution < -0.4 is 4.18 Å². The molecule has 0 spiro atoms. The Morgan fingerprint density at radius 2 is 1.70 bits per heavy atom. The minimum absolute atomic E-state index is 0.00677. The Bertz CT molecular complexity index is 1450. The normalized spacial score (nSPS) is 22.7. The number of alkyl halides is 3. The highest BCUT2D eigenvalue weighted by Crippen LogP contribution is 2.54. The van der Waals surface area contributed by atoms with E-state index in [-0.39, 0.29) is 42.6 Å². The van der Waals surface area contributed by atoms with Crippen LogP contribution in [0.4, 0.5) is 13.2 Å². The molecular weight excluding hydrogens is 708 g/mol. The molecule has 15 heteroatoms. The van der Waals surface area contributed by atoms with Crippen molar-refractivity contribution in [2.45, 2.75) is 146 Å². The number of ether oxygens (including phenoxy) is 4. The number of hydrogen-bond acceptors (Lipinski definition) is 9. The van der Waals surface area contributed by atoms with E-state index in [4.69, 9.17) is 23.4 Å². The fraction of sp³-hybridized carbons (Fsp3) is 0.743. The standard InChI is InChI=1S/C35H58F3NO8SSi2/c1-24(2)50(25(3)4,26(5)6)31(19-27(7)16-17-28(42-8)15-14-18-49(11,12)13)30-20-29(43-9)21-34(44-10,46-30)22-32-39-33(23-45-32)47-48(40,41)35(36,37)38/h16-17,19,23-26,28-31H,15,20-22H2,1-13H3/b17-16+,27-19+/t28-,29-,30-,31-,34+/m1/s1. The number of halogens is 3. The zero-order chi connectivity index (χ0) is 38.3.